The summed E-state index contributed by atoms with van der Waals surface area (Å²) >= 11 is 0. The van der Waals surface area contributed by atoms with Crippen LogP contribution in [0.3, 0.4) is 0 Å². The maximum atomic E-state index is 12.9. The first kappa shape index (κ1) is 23.0. The largest absolute Gasteiger partial charge is 0.457 e. The number of hydrogen-bond acceptors (Lipinski definition) is 6. The van der Waals surface area contributed by atoms with E-state index in [2.05, 4.69) is 27.8 Å². The summed E-state index contributed by atoms with van der Waals surface area (Å²) in [7, 11) is 3.86. The number of aliphatic hydroxyl groups excluding tert-OH is 1. The van der Waals surface area contributed by atoms with Gasteiger partial charge in [-0.25, -0.2) is 0 Å². The van der Waals surface area contributed by atoms with Crippen LogP contribution in [-0.4, -0.2) is 48.8 Å². The predicted octanol–water partition coefficient (Wildman–Crippen LogP) is 3.24. The van der Waals surface area contributed by atoms with Crippen LogP contribution in [0.15, 0.2) is 48.7 Å². The Bertz CT molecular complexity index is 1150. The van der Waals surface area contributed by atoms with Gasteiger partial charge >= 0.3 is 0 Å². The minimum atomic E-state index is -0.347. The van der Waals surface area contributed by atoms with E-state index in [1.807, 2.05) is 63.2 Å². The maximum absolute atomic E-state index is 12.9. The number of aliphatic hydroxyl groups is 1. The molecule has 0 fully saturated rings. The molecule has 0 saturated heterocycles. The van der Waals surface area contributed by atoms with Gasteiger partial charge < -0.3 is 25.4 Å². The summed E-state index contributed by atoms with van der Waals surface area (Å²) in [5.41, 5.74) is 4.04. The van der Waals surface area contributed by atoms with Crippen molar-refractivity contribution in [1.82, 2.24) is 15.6 Å². The number of hydrogen-bond donors (Lipinski definition) is 3. The van der Waals surface area contributed by atoms with E-state index in [4.69, 9.17) is 4.74 Å². The van der Waals surface area contributed by atoms with Gasteiger partial charge in [0.05, 0.1) is 18.2 Å². The zero-order valence-electron chi connectivity index (χ0n) is 19.6. The van der Waals surface area contributed by atoms with Gasteiger partial charge in [-0.3, -0.25) is 9.78 Å². The van der Waals surface area contributed by atoms with Gasteiger partial charge in [-0.15, -0.1) is 0 Å². The van der Waals surface area contributed by atoms with E-state index in [0.717, 1.165) is 40.0 Å². The molecular formula is C26H32N4O3. The van der Waals surface area contributed by atoms with Gasteiger partial charge in [0.1, 0.15) is 17.5 Å². The number of carbonyl (C=O) groups excluding carboxylic acids is 1. The molecule has 1 aromatic heterocycles. The summed E-state index contributed by atoms with van der Waals surface area (Å²) in [6.07, 6.45) is 2.31. The monoisotopic (exact) mass is 448 g/mol. The molecule has 2 atom stereocenters. The van der Waals surface area contributed by atoms with E-state index in [-0.39, 0.29) is 30.5 Å². The first-order chi connectivity index (χ1) is 15.9. The molecule has 1 amide bonds. The van der Waals surface area contributed by atoms with Gasteiger partial charge in [0.15, 0.2) is 0 Å². The SMILES string of the molecule is CNCc1ccc2c(Oc3ccc4c(c3)N(C)[C@H](C(C)C)C(=O)N[C@@H](CO)C4)ccnc2c1. The highest BCUT2D eigenvalue weighted by molar-refractivity contribution is 5.87. The van der Waals surface area contributed by atoms with E-state index in [0.29, 0.717) is 12.2 Å². The molecule has 0 saturated carbocycles. The molecule has 1 aliphatic heterocycles. The Morgan fingerprint density at radius 3 is 2.79 bits per heavy atom. The summed E-state index contributed by atoms with van der Waals surface area (Å²) in [5, 5.41) is 16.9. The number of anilines is 1. The molecule has 7 nitrogen and oxygen atoms in total. The molecule has 0 bridgehead atoms. The Morgan fingerprint density at radius 1 is 1.24 bits per heavy atom. The number of benzene rings is 2. The molecule has 7 heteroatoms. The molecule has 2 aromatic carbocycles. The fourth-order valence-electron chi connectivity index (χ4n) is 4.59. The zero-order chi connectivity index (χ0) is 23.5. The second kappa shape index (κ2) is 9.77. The third-order valence-corrected chi connectivity index (χ3v) is 6.16. The van der Waals surface area contributed by atoms with Crippen molar-refractivity contribution in [3.63, 3.8) is 0 Å². The van der Waals surface area contributed by atoms with Crippen molar-refractivity contribution in [2.75, 3.05) is 25.6 Å². The summed E-state index contributed by atoms with van der Waals surface area (Å²) in [6, 6.07) is 13.3. The van der Waals surface area contributed by atoms with Crippen LogP contribution in [0.4, 0.5) is 5.69 Å². The van der Waals surface area contributed by atoms with Crippen molar-refractivity contribution in [3.05, 3.63) is 59.8 Å². The van der Waals surface area contributed by atoms with Crippen LogP contribution in [-0.2, 0) is 17.8 Å². The van der Waals surface area contributed by atoms with Crippen LogP contribution in [0.5, 0.6) is 11.5 Å². The molecule has 0 aliphatic carbocycles. The third-order valence-electron chi connectivity index (χ3n) is 6.16. The lowest BCUT2D eigenvalue weighted by Gasteiger charge is -2.37. The number of amides is 1. The molecule has 3 N–H and O–H groups in total. The van der Waals surface area contributed by atoms with Crippen LogP contribution in [0, 0.1) is 5.92 Å². The molecule has 174 valence electrons. The molecule has 4 rings (SSSR count). The summed E-state index contributed by atoms with van der Waals surface area (Å²) < 4.78 is 6.32. The minimum Gasteiger partial charge on any atom is -0.457 e. The zero-order valence-corrected chi connectivity index (χ0v) is 19.6. The van der Waals surface area contributed by atoms with Gasteiger partial charge in [0.25, 0.3) is 0 Å². The highest BCUT2D eigenvalue weighted by Gasteiger charge is 2.32. The highest BCUT2D eigenvalue weighted by Crippen LogP contribution is 2.35. The molecule has 3 aromatic rings. The predicted molar refractivity (Wildman–Crippen MR) is 131 cm³/mol. The lowest BCUT2D eigenvalue weighted by Crippen LogP contribution is -2.54. The number of aromatic nitrogens is 1. The van der Waals surface area contributed by atoms with E-state index in [9.17, 15) is 9.90 Å². The standard InChI is InChI=1S/C26H32N4O3/c1-16(2)25-26(32)29-19(15-31)12-18-6-7-20(13-23(18)30(25)4)33-24-9-10-28-22-11-17(14-27-3)5-8-21(22)24/h5-11,13,16,19,25,27,31H,12,14-15H2,1-4H3,(H,29,32)/t19-,25-/m1/s1. The number of rotatable bonds is 6. The van der Waals surface area contributed by atoms with E-state index >= 15 is 0 Å². The number of nitrogens with zero attached hydrogens (tertiary/aromatic N) is 2. The van der Waals surface area contributed by atoms with Crippen molar-refractivity contribution < 1.29 is 14.6 Å². The van der Waals surface area contributed by atoms with Gasteiger partial charge in [-0.05, 0) is 54.8 Å². The lowest BCUT2D eigenvalue weighted by molar-refractivity contribution is -0.124. The summed E-state index contributed by atoms with van der Waals surface area (Å²) in [5.74, 6) is 1.45. The number of pyridine rings is 1. The number of carbonyl (C=O) groups is 1. The van der Waals surface area contributed by atoms with Crippen LogP contribution >= 0.6 is 0 Å². The van der Waals surface area contributed by atoms with Crippen molar-refractivity contribution in [3.8, 4) is 11.5 Å². The van der Waals surface area contributed by atoms with Gasteiger partial charge in [-0.1, -0.05) is 26.0 Å². The fourth-order valence-corrected chi connectivity index (χ4v) is 4.59. The average Bonchev–Trinajstić information content (AvgIpc) is 2.78. The van der Waals surface area contributed by atoms with Crippen LogP contribution in [0.25, 0.3) is 10.9 Å². The quantitative estimate of drug-likeness (QED) is 0.537. The summed E-state index contributed by atoms with van der Waals surface area (Å²) in [4.78, 5) is 19.4. The van der Waals surface area contributed by atoms with E-state index in [1.165, 1.54) is 0 Å². The first-order valence-corrected chi connectivity index (χ1v) is 11.4. The lowest BCUT2D eigenvalue weighted by atomic mass is 9.95. The van der Waals surface area contributed by atoms with Gasteiger partial charge in [-0.2, -0.15) is 0 Å². The van der Waals surface area contributed by atoms with E-state index < -0.39 is 0 Å². The number of fused-ring (bicyclic) bond motifs is 2. The van der Waals surface area contributed by atoms with Crippen LogP contribution in [0.1, 0.15) is 25.0 Å². The Kier molecular flexibility index (Phi) is 6.81. The Morgan fingerprint density at radius 2 is 2.06 bits per heavy atom. The molecular weight excluding hydrogens is 416 g/mol. The Balaban J connectivity index is 1.71. The molecule has 2 heterocycles. The molecule has 0 radical (unpaired) electrons. The topological polar surface area (TPSA) is 86.7 Å². The number of nitrogens with one attached hydrogen (secondary N) is 2. The average molecular weight is 449 g/mol. The number of ether oxygens (including phenoxy) is 1. The second-order valence-electron chi connectivity index (χ2n) is 8.98. The summed E-state index contributed by atoms with van der Waals surface area (Å²) in [6.45, 7) is 4.74. The van der Waals surface area contributed by atoms with E-state index in [1.54, 1.807) is 6.20 Å². The van der Waals surface area contributed by atoms with Crippen molar-refractivity contribution in [2.24, 2.45) is 5.92 Å². The normalized spacial score (nSPS) is 18.6. The van der Waals surface area contributed by atoms with Gasteiger partial charge in [0, 0.05) is 36.9 Å². The molecule has 0 spiro atoms. The second-order valence-corrected chi connectivity index (χ2v) is 8.98. The van der Waals surface area contributed by atoms with Crippen molar-refractivity contribution in [1.29, 1.82) is 0 Å². The molecule has 0 unspecified atom stereocenters. The van der Waals surface area contributed by atoms with Crippen LogP contribution < -0.4 is 20.3 Å². The maximum Gasteiger partial charge on any atom is 0.243 e. The Hall–Kier alpha value is -3.16. The molecule has 1 aliphatic rings. The van der Waals surface area contributed by atoms with Crippen molar-refractivity contribution in [2.45, 2.75) is 38.9 Å². The fraction of sp³-hybridized carbons (Fsp3) is 0.385. The Labute approximate surface area is 194 Å². The number of likely N-dealkylation sites (N-methyl/N-ethyl adjacent to an activating group) is 1. The van der Waals surface area contributed by atoms with Gasteiger partial charge in [0.2, 0.25) is 5.91 Å². The third kappa shape index (κ3) is 4.79. The highest BCUT2D eigenvalue weighted by atomic mass is 16.5. The molecule has 33 heavy (non-hydrogen) atoms. The van der Waals surface area contributed by atoms with Crippen LogP contribution in [0.2, 0.25) is 0 Å². The minimum absolute atomic E-state index is 0.0685. The smallest absolute Gasteiger partial charge is 0.243 e. The first-order valence-electron chi connectivity index (χ1n) is 11.4. The van der Waals surface area contributed by atoms with Crippen molar-refractivity contribution >= 4 is 22.5 Å².